The van der Waals surface area contributed by atoms with Crippen LogP contribution in [-0.2, 0) is 5.41 Å². The molecule has 2 rings (SSSR count). The van der Waals surface area contributed by atoms with E-state index in [-0.39, 0.29) is 5.41 Å². The molecule has 3 N–H and O–H groups in total. The summed E-state index contributed by atoms with van der Waals surface area (Å²) < 4.78 is 0. The summed E-state index contributed by atoms with van der Waals surface area (Å²) in [6, 6.07) is 0. The molecular weight excluding hydrogens is 164 g/mol. The van der Waals surface area contributed by atoms with Gasteiger partial charge in [0.15, 0.2) is 0 Å². The largest absolute Gasteiger partial charge is 0.367 e. The summed E-state index contributed by atoms with van der Waals surface area (Å²) in [5.41, 5.74) is 5.75. The number of hydrogen-bond donors (Lipinski definition) is 2. The highest BCUT2D eigenvalue weighted by Crippen LogP contribution is 2.41. The molecule has 0 amide bonds. The number of rotatable bonds is 2. The van der Waals surface area contributed by atoms with Crippen molar-refractivity contribution in [2.75, 3.05) is 5.73 Å². The van der Waals surface area contributed by atoms with Gasteiger partial charge >= 0.3 is 0 Å². The number of aromatic nitrogens is 3. The van der Waals surface area contributed by atoms with E-state index in [9.17, 15) is 0 Å². The van der Waals surface area contributed by atoms with E-state index in [0.29, 0.717) is 5.95 Å². The third kappa shape index (κ3) is 1.30. The van der Waals surface area contributed by atoms with Crippen LogP contribution in [0, 0.1) is 0 Å². The van der Waals surface area contributed by atoms with Crippen molar-refractivity contribution in [1.82, 2.24) is 15.2 Å². The predicted octanol–water partition coefficient (Wildman–Crippen LogP) is 1.61. The molecular formula is C9H16N4. The fourth-order valence-corrected chi connectivity index (χ4v) is 2.32. The first-order valence-corrected chi connectivity index (χ1v) is 4.95. The molecule has 1 aliphatic carbocycles. The lowest BCUT2D eigenvalue weighted by Gasteiger charge is -2.23. The molecule has 0 atom stereocenters. The van der Waals surface area contributed by atoms with Crippen molar-refractivity contribution >= 4 is 5.95 Å². The SMILES string of the molecule is CCC1(c2nc(N)n[nH]2)CCCC1. The zero-order valence-electron chi connectivity index (χ0n) is 8.01. The fourth-order valence-electron chi connectivity index (χ4n) is 2.32. The quantitative estimate of drug-likeness (QED) is 0.726. The molecule has 1 fully saturated rings. The molecule has 4 heteroatoms. The van der Waals surface area contributed by atoms with Crippen molar-refractivity contribution in [1.29, 1.82) is 0 Å². The molecule has 0 bridgehead atoms. The Labute approximate surface area is 77.9 Å². The summed E-state index contributed by atoms with van der Waals surface area (Å²) in [4.78, 5) is 4.25. The topological polar surface area (TPSA) is 67.6 Å². The van der Waals surface area contributed by atoms with E-state index in [0.717, 1.165) is 12.2 Å². The Kier molecular flexibility index (Phi) is 1.98. The van der Waals surface area contributed by atoms with Gasteiger partial charge in [-0.3, -0.25) is 5.10 Å². The summed E-state index contributed by atoms with van der Waals surface area (Å²) in [6.07, 6.45) is 6.17. The van der Waals surface area contributed by atoms with Gasteiger partial charge in [-0.15, -0.1) is 5.10 Å². The lowest BCUT2D eigenvalue weighted by Crippen LogP contribution is -2.22. The smallest absolute Gasteiger partial charge is 0.239 e. The minimum Gasteiger partial charge on any atom is -0.367 e. The standard InChI is InChI=1S/C9H16N4/c1-2-9(5-3-4-6-9)7-11-8(10)13-12-7/h2-6H2,1H3,(H3,10,11,12,13). The molecule has 0 unspecified atom stereocenters. The molecule has 1 aromatic heterocycles. The molecule has 0 aromatic carbocycles. The van der Waals surface area contributed by atoms with Crippen LogP contribution in [0.1, 0.15) is 44.9 Å². The van der Waals surface area contributed by atoms with Crippen LogP contribution in [0.3, 0.4) is 0 Å². The van der Waals surface area contributed by atoms with Crippen LogP contribution in [0.25, 0.3) is 0 Å². The number of nitrogens with two attached hydrogens (primary N) is 1. The van der Waals surface area contributed by atoms with E-state index in [1.807, 2.05) is 0 Å². The molecule has 1 aromatic rings. The number of H-pyrrole nitrogens is 1. The Morgan fingerprint density at radius 2 is 2.15 bits per heavy atom. The number of nitrogens with one attached hydrogen (secondary N) is 1. The van der Waals surface area contributed by atoms with Crippen molar-refractivity contribution in [2.45, 2.75) is 44.4 Å². The molecule has 1 aliphatic rings. The maximum absolute atomic E-state index is 5.51. The van der Waals surface area contributed by atoms with Crippen LogP contribution in [-0.4, -0.2) is 15.2 Å². The van der Waals surface area contributed by atoms with Crippen molar-refractivity contribution in [3.8, 4) is 0 Å². The van der Waals surface area contributed by atoms with Crippen molar-refractivity contribution in [3.63, 3.8) is 0 Å². The highest BCUT2D eigenvalue weighted by atomic mass is 15.3. The van der Waals surface area contributed by atoms with Gasteiger partial charge in [-0.2, -0.15) is 4.98 Å². The molecule has 72 valence electrons. The fraction of sp³-hybridized carbons (Fsp3) is 0.778. The second-order valence-electron chi connectivity index (χ2n) is 3.88. The van der Waals surface area contributed by atoms with Crippen molar-refractivity contribution in [3.05, 3.63) is 5.82 Å². The summed E-state index contributed by atoms with van der Waals surface area (Å²) in [7, 11) is 0. The van der Waals surface area contributed by atoms with Gasteiger partial charge in [-0.05, 0) is 19.3 Å². The third-order valence-electron chi connectivity index (χ3n) is 3.24. The van der Waals surface area contributed by atoms with Crippen LogP contribution in [0.2, 0.25) is 0 Å². The maximum Gasteiger partial charge on any atom is 0.239 e. The first-order valence-electron chi connectivity index (χ1n) is 4.95. The second kappa shape index (κ2) is 3.01. The molecule has 0 spiro atoms. The highest BCUT2D eigenvalue weighted by Gasteiger charge is 2.36. The van der Waals surface area contributed by atoms with E-state index in [1.54, 1.807) is 0 Å². The van der Waals surface area contributed by atoms with Crippen LogP contribution in [0.5, 0.6) is 0 Å². The normalized spacial score (nSPS) is 20.7. The molecule has 13 heavy (non-hydrogen) atoms. The van der Waals surface area contributed by atoms with Gasteiger partial charge in [0.2, 0.25) is 5.95 Å². The van der Waals surface area contributed by atoms with Gasteiger partial charge in [0.1, 0.15) is 5.82 Å². The number of anilines is 1. The first-order chi connectivity index (χ1) is 6.27. The van der Waals surface area contributed by atoms with Gasteiger partial charge < -0.3 is 5.73 Å². The molecule has 0 saturated heterocycles. The molecule has 4 nitrogen and oxygen atoms in total. The van der Waals surface area contributed by atoms with Gasteiger partial charge in [-0.1, -0.05) is 19.8 Å². The number of nitrogen functional groups attached to an aromatic ring is 1. The summed E-state index contributed by atoms with van der Waals surface area (Å²) in [6.45, 7) is 2.21. The minimum absolute atomic E-state index is 0.241. The predicted molar refractivity (Wildman–Crippen MR) is 51.2 cm³/mol. The van der Waals surface area contributed by atoms with Crippen molar-refractivity contribution < 1.29 is 0 Å². The highest BCUT2D eigenvalue weighted by molar-refractivity contribution is 5.19. The summed E-state index contributed by atoms with van der Waals surface area (Å²) in [5.74, 6) is 1.36. The van der Waals surface area contributed by atoms with Crippen LogP contribution in [0.4, 0.5) is 5.95 Å². The van der Waals surface area contributed by atoms with Gasteiger partial charge in [0.25, 0.3) is 0 Å². The van der Waals surface area contributed by atoms with E-state index in [4.69, 9.17) is 5.73 Å². The molecule has 1 saturated carbocycles. The van der Waals surface area contributed by atoms with Crippen LogP contribution < -0.4 is 5.73 Å². The van der Waals surface area contributed by atoms with Crippen molar-refractivity contribution in [2.24, 2.45) is 0 Å². The Hall–Kier alpha value is -1.06. The van der Waals surface area contributed by atoms with Crippen LogP contribution in [0.15, 0.2) is 0 Å². The average Bonchev–Trinajstić information content (AvgIpc) is 2.73. The first kappa shape index (κ1) is 8.53. The zero-order chi connectivity index (χ0) is 9.31. The van der Waals surface area contributed by atoms with E-state index in [2.05, 4.69) is 22.1 Å². The van der Waals surface area contributed by atoms with Gasteiger partial charge in [0.05, 0.1) is 0 Å². The number of aromatic amines is 1. The summed E-state index contributed by atoms with van der Waals surface area (Å²) in [5, 5.41) is 6.85. The Bertz CT molecular complexity index is 286. The van der Waals surface area contributed by atoms with E-state index in [1.165, 1.54) is 25.7 Å². The monoisotopic (exact) mass is 180 g/mol. The lowest BCUT2D eigenvalue weighted by molar-refractivity contribution is 0.400. The second-order valence-corrected chi connectivity index (χ2v) is 3.88. The van der Waals surface area contributed by atoms with E-state index >= 15 is 0 Å². The zero-order valence-corrected chi connectivity index (χ0v) is 8.01. The Morgan fingerprint density at radius 3 is 2.62 bits per heavy atom. The summed E-state index contributed by atoms with van der Waals surface area (Å²) >= 11 is 0. The molecule has 1 heterocycles. The Morgan fingerprint density at radius 1 is 1.46 bits per heavy atom. The van der Waals surface area contributed by atoms with Gasteiger partial charge in [-0.25, -0.2) is 0 Å². The average molecular weight is 180 g/mol. The Balaban J connectivity index is 2.30. The minimum atomic E-state index is 0.241. The van der Waals surface area contributed by atoms with Gasteiger partial charge in [0, 0.05) is 5.41 Å². The molecule has 0 radical (unpaired) electrons. The lowest BCUT2D eigenvalue weighted by atomic mass is 9.83. The number of hydrogen-bond acceptors (Lipinski definition) is 3. The van der Waals surface area contributed by atoms with E-state index < -0.39 is 0 Å². The molecule has 0 aliphatic heterocycles. The maximum atomic E-state index is 5.51. The third-order valence-corrected chi connectivity index (χ3v) is 3.24. The van der Waals surface area contributed by atoms with Crippen LogP contribution >= 0.6 is 0 Å². The number of nitrogens with zero attached hydrogens (tertiary/aromatic N) is 2.